The van der Waals surface area contributed by atoms with E-state index in [1.807, 2.05) is 30.3 Å². The molecule has 0 aliphatic carbocycles. The highest BCUT2D eigenvalue weighted by atomic mass is 16.3. The maximum absolute atomic E-state index is 11.4. The quantitative estimate of drug-likeness (QED) is 0.710. The second-order valence-corrected chi connectivity index (χ2v) is 4.52. The molecule has 1 saturated heterocycles. The molecule has 1 fully saturated rings. The third-order valence-corrected chi connectivity index (χ3v) is 3.45. The van der Waals surface area contributed by atoms with E-state index in [0.29, 0.717) is 6.54 Å². The number of hydrogen-bond donors (Lipinski definition) is 3. The van der Waals surface area contributed by atoms with Crippen molar-refractivity contribution in [2.24, 2.45) is 17.6 Å². The number of primary amides is 1. The van der Waals surface area contributed by atoms with Gasteiger partial charge in [-0.15, -0.1) is 0 Å². The fourth-order valence-electron chi connectivity index (χ4n) is 2.47. The molecule has 1 aromatic rings. The average Bonchev–Trinajstić information content (AvgIpc) is 2.39. The summed E-state index contributed by atoms with van der Waals surface area (Å²) in [6.07, 6.45) is 0.153. The minimum Gasteiger partial charge on any atom is -0.388 e. The summed E-state index contributed by atoms with van der Waals surface area (Å²) in [7, 11) is 0. The van der Waals surface area contributed by atoms with E-state index in [1.54, 1.807) is 0 Å². The van der Waals surface area contributed by atoms with Gasteiger partial charge in [0.25, 0.3) is 0 Å². The third-order valence-electron chi connectivity index (χ3n) is 3.45. The summed E-state index contributed by atoms with van der Waals surface area (Å²) in [6.45, 7) is 1.38. The van der Waals surface area contributed by atoms with Crippen LogP contribution in [0.4, 0.5) is 0 Å². The van der Waals surface area contributed by atoms with Crippen molar-refractivity contribution in [1.29, 1.82) is 0 Å². The van der Waals surface area contributed by atoms with Gasteiger partial charge in [0.15, 0.2) is 0 Å². The Morgan fingerprint density at radius 2 is 2.12 bits per heavy atom. The van der Waals surface area contributed by atoms with Crippen LogP contribution in [0.1, 0.15) is 18.1 Å². The van der Waals surface area contributed by atoms with Gasteiger partial charge in [-0.3, -0.25) is 4.79 Å². The van der Waals surface area contributed by atoms with Crippen LogP contribution >= 0.6 is 0 Å². The van der Waals surface area contributed by atoms with Gasteiger partial charge in [0.1, 0.15) is 0 Å². The summed E-state index contributed by atoms with van der Waals surface area (Å²) in [5.41, 5.74) is 6.24. The molecule has 1 aliphatic rings. The number of amides is 1. The van der Waals surface area contributed by atoms with Crippen molar-refractivity contribution in [2.45, 2.75) is 12.5 Å². The van der Waals surface area contributed by atoms with Crippen molar-refractivity contribution in [3.05, 3.63) is 35.9 Å². The first-order valence-electron chi connectivity index (χ1n) is 5.93. The average molecular weight is 234 g/mol. The topological polar surface area (TPSA) is 75.4 Å². The molecule has 3 unspecified atom stereocenters. The maximum atomic E-state index is 11.4. The predicted octanol–water partition coefficient (Wildman–Crippen LogP) is 0.431. The van der Waals surface area contributed by atoms with Gasteiger partial charge in [0.2, 0.25) is 5.91 Å². The zero-order valence-electron chi connectivity index (χ0n) is 9.67. The molecule has 4 nitrogen and oxygen atoms in total. The Labute approximate surface area is 101 Å². The summed E-state index contributed by atoms with van der Waals surface area (Å²) in [4.78, 5) is 11.4. The van der Waals surface area contributed by atoms with Crippen molar-refractivity contribution < 1.29 is 9.90 Å². The van der Waals surface area contributed by atoms with Crippen LogP contribution in [0.15, 0.2) is 30.3 Å². The number of rotatable bonds is 3. The number of piperidine rings is 1. The first-order valence-corrected chi connectivity index (χ1v) is 5.93. The van der Waals surface area contributed by atoms with E-state index < -0.39 is 6.10 Å². The zero-order valence-corrected chi connectivity index (χ0v) is 9.67. The number of carbonyl (C=O) groups is 1. The van der Waals surface area contributed by atoms with Crippen molar-refractivity contribution >= 4 is 5.91 Å². The second-order valence-electron chi connectivity index (χ2n) is 4.52. The molecule has 92 valence electrons. The Bertz CT molecular complexity index is 380. The monoisotopic (exact) mass is 234 g/mol. The smallest absolute Gasteiger partial charge is 0.222 e. The lowest BCUT2D eigenvalue weighted by Crippen LogP contribution is -2.45. The highest BCUT2D eigenvalue weighted by molar-refractivity contribution is 5.77. The van der Waals surface area contributed by atoms with Gasteiger partial charge in [-0.25, -0.2) is 0 Å². The third kappa shape index (κ3) is 2.65. The highest BCUT2D eigenvalue weighted by Gasteiger charge is 2.34. The molecule has 2 rings (SSSR count). The highest BCUT2D eigenvalue weighted by Crippen LogP contribution is 2.32. The van der Waals surface area contributed by atoms with E-state index in [4.69, 9.17) is 5.73 Å². The van der Waals surface area contributed by atoms with Gasteiger partial charge in [-0.1, -0.05) is 30.3 Å². The largest absolute Gasteiger partial charge is 0.388 e. The van der Waals surface area contributed by atoms with Crippen molar-refractivity contribution in [2.75, 3.05) is 13.1 Å². The predicted molar refractivity (Wildman–Crippen MR) is 65.1 cm³/mol. The Morgan fingerprint density at radius 3 is 2.76 bits per heavy atom. The first-order chi connectivity index (χ1) is 8.20. The van der Waals surface area contributed by atoms with Crippen LogP contribution < -0.4 is 11.1 Å². The molecule has 1 heterocycles. The van der Waals surface area contributed by atoms with Crippen LogP contribution in [0.5, 0.6) is 0 Å². The van der Waals surface area contributed by atoms with E-state index in [9.17, 15) is 9.90 Å². The molecule has 0 radical (unpaired) electrons. The number of hydrogen-bond acceptors (Lipinski definition) is 3. The van der Waals surface area contributed by atoms with Gasteiger partial charge in [-0.2, -0.15) is 0 Å². The Balaban J connectivity index is 2.16. The van der Waals surface area contributed by atoms with Crippen molar-refractivity contribution in [3.63, 3.8) is 0 Å². The van der Waals surface area contributed by atoms with Gasteiger partial charge in [0, 0.05) is 12.5 Å². The standard InChI is InChI=1S/C13H18N2O2/c14-13(17)11-8-15-7-6-10(11)12(16)9-4-2-1-3-5-9/h1-5,10-12,15-16H,6-8H2,(H2,14,17). The Morgan fingerprint density at radius 1 is 1.41 bits per heavy atom. The van der Waals surface area contributed by atoms with Crippen molar-refractivity contribution in [3.8, 4) is 0 Å². The molecular formula is C13H18N2O2. The maximum Gasteiger partial charge on any atom is 0.222 e. The number of carbonyl (C=O) groups excluding carboxylic acids is 1. The Hall–Kier alpha value is -1.39. The Kier molecular flexibility index (Phi) is 3.76. The first kappa shape index (κ1) is 12.1. The van der Waals surface area contributed by atoms with E-state index in [-0.39, 0.29) is 17.7 Å². The molecule has 0 aromatic heterocycles. The number of aliphatic hydroxyl groups is 1. The minimum atomic E-state index is -0.615. The number of aliphatic hydroxyl groups excluding tert-OH is 1. The van der Waals surface area contributed by atoms with E-state index in [1.165, 1.54) is 0 Å². The fourth-order valence-corrected chi connectivity index (χ4v) is 2.47. The van der Waals surface area contributed by atoms with Crippen LogP contribution in [-0.4, -0.2) is 24.1 Å². The van der Waals surface area contributed by atoms with Crippen LogP contribution in [0.25, 0.3) is 0 Å². The van der Waals surface area contributed by atoms with E-state index >= 15 is 0 Å². The molecule has 0 spiro atoms. The summed E-state index contributed by atoms with van der Waals surface area (Å²) >= 11 is 0. The molecule has 4 heteroatoms. The normalized spacial score (nSPS) is 26.4. The lowest BCUT2D eigenvalue weighted by molar-refractivity contribution is -0.126. The number of nitrogens with two attached hydrogens (primary N) is 1. The van der Waals surface area contributed by atoms with Crippen LogP contribution in [0, 0.1) is 11.8 Å². The minimum absolute atomic E-state index is 0.0869. The van der Waals surface area contributed by atoms with Crippen LogP contribution in [0.2, 0.25) is 0 Å². The lowest BCUT2D eigenvalue weighted by atomic mass is 9.79. The summed E-state index contributed by atoms with van der Waals surface area (Å²) in [5, 5.41) is 13.5. The zero-order chi connectivity index (χ0) is 12.3. The molecule has 1 amide bonds. The lowest BCUT2D eigenvalue weighted by Gasteiger charge is -2.33. The summed E-state index contributed by atoms with van der Waals surface area (Å²) in [5.74, 6) is -0.715. The van der Waals surface area contributed by atoms with Gasteiger partial charge in [0.05, 0.1) is 12.0 Å². The molecule has 3 atom stereocenters. The molecule has 17 heavy (non-hydrogen) atoms. The van der Waals surface area contributed by atoms with Gasteiger partial charge >= 0.3 is 0 Å². The van der Waals surface area contributed by atoms with Gasteiger partial charge in [-0.05, 0) is 18.5 Å². The van der Waals surface area contributed by atoms with E-state index in [0.717, 1.165) is 18.5 Å². The van der Waals surface area contributed by atoms with Crippen LogP contribution in [-0.2, 0) is 4.79 Å². The summed E-state index contributed by atoms with van der Waals surface area (Å²) in [6, 6.07) is 9.44. The SMILES string of the molecule is NC(=O)C1CNCCC1C(O)c1ccccc1. The molecular weight excluding hydrogens is 216 g/mol. The van der Waals surface area contributed by atoms with Crippen molar-refractivity contribution in [1.82, 2.24) is 5.32 Å². The number of benzene rings is 1. The molecule has 1 aliphatic heterocycles. The molecule has 1 aromatic carbocycles. The molecule has 0 saturated carbocycles. The fraction of sp³-hybridized carbons (Fsp3) is 0.462. The second kappa shape index (κ2) is 5.29. The number of nitrogens with one attached hydrogen (secondary N) is 1. The molecule has 4 N–H and O–H groups in total. The molecule has 0 bridgehead atoms. The van der Waals surface area contributed by atoms with Crippen LogP contribution in [0.3, 0.4) is 0 Å². The van der Waals surface area contributed by atoms with E-state index in [2.05, 4.69) is 5.32 Å². The summed E-state index contributed by atoms with van der Waals surface area (Å²) < 4.78 is 0. The van der Waals surface area contributed by atoms with Gasteiger partial charge < -0.3 is 16.2 Å².